The van der Waals surface area contributed by atoms with Gasteiger partial charge in [0.2, 0.25) is 5.91 Å². The first-order chi connectivity index (χ1) is 13.9. The molecule has 10 heteroatoms. The molecule has 4 aromatic rings. The Morgan fingerprint density at radius 1 is 1.17 bits per heavy atom. The van der Waals surface area contributed by atoms with Crippen LogP contribution in [0.2, 0.25) is 0 Å². The van der Waals surface area contributed by atoms with E-state index in [2.05, 4.69) is 20.6 Å². The third-order valence-corrected chi connectivity index (χ3v) is 4.30. The number of para-hydroxylation sites is 1. The molecule has 8 nitrogen and oxygen atoms in total. The second-order valence-electron chi connectivity index (χ2n) is 6.31. The highest BCUT2D eigenvalue weighted by molar-refractivity contribution is 5.91. The largest absolute Gasteiger partial charge is 0.324 e. The number of carbonyl (C=O) groups is 1. The fourth-order valence-corrected chi connectivity index (χ4v) is 2.83. The number of fused-ring (bicyclic) bond motifs is 1. The van der Waals surface area contributed by atoms with Crippen molar-refractivity contribution >= 4 is 22.8 Å². The molecule has 4 rings (SSSR count). The van der Waals surface area contributed by atoms with Crippen LogP contribution in [0.3, 0.4) is 0 Å². The van der Waals surface area contributed by atoms with Gasteiger partial charge in [0.25, 0.3) is 5.56 Å². The molecule has 0 fully saturated rings. The van der Waals surface area contributed by atoms with Gasteiger partial charge in [0.1, 0.15) is 24.4 Å². The molecule has 29 heavy (non-hydrogen) atoms. The molecule has 2 heterocycles. The summed E-state index contributed by atoms with van der Waals surface area (Å²) in [5.74, 6) is -2.04. The van der Waals surface area contributed by atoms with E-state index >= 15 is 0 Å². The minimum absolute atomic E-state index is 0.00364. The van der Waals surface area contributed by atoms with Crippen LogP contribution in [0.1, 0.15) is 5.56 Å². The molecule has 0 saturated heterocycles. The highest BCUT2D eigenvalue weighted by Gasteiger charge is 2.17. The summed E-state index contributed by atoms with van der Waals surface area (Å²) in [6.07, 6.45) is 1.16. The molecular formula is C19H14F2N6O2. The number of nitrogens with zero attached hydrogens (tertiary/aromatic N) is 5. The molecule has 146 valence electrons. The Morgan fingerprint density at radius 3 is 2.72 bits per heavy atom. The second kappa shape index (κ2) is 7.23. The number of benzene rings is 2. The summed E-state index contributed by atoms with van der Waals surface area (Å²) in [7, 11) is 0. The van der Waals surface area contributed by atoms with E-state index in [1.165, 1.54) is 6.07 Å². The highest BCUT2D eigenvalue weighted by atomic mass is 19.1. The van der Waals surface area contributed by atoms with Crippen LogP contribution in [0.25, 0.3) is 16.9 Å². The minimum atomic E-state index is -0.875. The number of halogens is 2. The van der Waals surface area contributed by atoms with Crippen molar-refractivity contribution in [3.8, 4) is 5.69 Å². The molecule has 0 aliphatic carbocycles. The topological polar surface area (TPSA) is 94.7 Å². The van der Waals surface area contributed by atoms with Crippen LogP contribution in [-0.2, 0) is 11.3 Å². The predicted octanol–water partition coefficient (Wildman–Crippen LogP) is 2.20. The van der Waals surface area contributed by atoms with E-state index in [0.29, 0.717) is 11.8 Å². The molecule has 1 amide bonds. The van der Waals surface area contributed by atoms with Crippen LogP contribution in [0.4, 0.5) is 14.5 Å². The summed E-state index contributed by atoms with van der Waals surface area (Å²) in [5.41, 5.74) is 0.666. The molecule has 1 N–H and O–H groups in total. The maximum Gasteiger partial charge on any atom is 0.284 e. The number of aromatic nitrogens is 5. The predicted molar refractivity (Wildman–Crippen MR) is 101 cm³/mol. The number of carbonyl (C=O) groups excluding carboxylic acids is 1. The zero-order valence-corrected chi connectivity index (χ0v) is 15.1. The third kappa shape index (κ3) is 3.47. The van der Waals surface area contributed by atoms with Crippen molar-refractivity contribution in [1.82, 2.24) is 24.5 Å². The van der Waals surface area contributed by atoms with Gasteiger partial charge in [-0.05, 0) is 30.7 Å². The number of hydrogen-bond acceptors (Lipinski definition) is 5. The summed E-state index contributed by atoms with van der Waals surface area (Å²) in [4.78, 5) is 29.0. The van der Waals surface area contributed by atoms with Gasteiger partial charge in [0.05, 0.1) is 0 Å². The van der Waals surface area contributed by atoms with Gasteiger partial charge in [-0.2, -0.15) is 4.68 Å². The monoisotopic (exact) mass is 396 g/mol. The van der Waals surface area contributed by atoms with E-state index in [0.717, 1.165) is 27.2 Å². The molecule has 0 bridgehead atoms. The van der Waals surface area contributed by atoms with E-state index in [4.69, 9.17) is 0 Å². The van der Waals surface area contributed by atoms with Crippen LogP contribution >= 0.6 is 0 Å². The van der Waals surface area contributed by atoms with E-state index in [-0.39, 0.29) is 23.4 Å². The molecule has 2 aromatic heterocycles. The molecule has 0 spiro atoms. The van der Waals surface area contributed by atoms with Gasteiger partial charge in [-0.1, -0.05) is 23.4 Å². The Kier molecular flexibility index (Phi) is 4.59. The van der Waals surface area contributed by atoms with Gasteiger partial charge in [-0.3, -0.25) is 14.2 Å². The van der Waals surface area contributed by atoms with Crippen LogP contribution in [0, 0.1) is 18.6 Å². The van der Waals surface area contributed by atoms with Crippen molar-refractivity contribution in [3.05, 3.63) is 76.3 Å². The van der Waals surface area contributed by atoms with Crippen molar-refractivity contribution < 1.29 is 13.6 Å². The van der Waals surface area contributed by atoms with Crippen LogP contribution in [-0.4, -0.2) is 30.5 Å². The van der Waals surface area contributed by atoms with Crippen molar-refractivity contribution in [3.63, 3.8) is 0 Å². The smallest absolute Gasteiger partial charge is 0.284 e. The fourth-order valence-electron chi connectivity index (χ4n) is 2.83. The van der Waals surface area contributed by atoms with Crippen molar-refractivity contribution in [1.29, 1.82) is 0 Å². The number of nitrogens with one attached hydrogen (secondary N) is 1. The summed E-state index contributed by atoms with van der Waals surface area (Å²) >= 11 is 0. The lowest BCUT2D eigenvalue weighted by Crippen LogP contribution is -2.28. The van der Waals surface area contributed by atoms with Gasteiger partial charge in [-0.25, -0.2) is 13.8 Å². The molecular weight excluding hydrogens is 382 g/mol. The molecule has 2 aromatic carbocycles. The Balaban J connectivity index is 1.64. The first kappa shape index (κ1) is 18.4. The van der Waals surface area contributed by atoms with Crippen LogP contribution in [0.5, 0.6) is 0 Å². The van der Waals surface area contributed by atoms with Crippen LogP contribution < -0.4 is 10.9 Å². The number of aryl methyl sites for hydroxylation is 1. The Bertz CT molecular complexity index is 1300. The van der Waals surface area contributed by atoms with E-state index < -0.39 is 23.1 Å². The number of hydrogen-bond donors (Lipinski definition) is 1. The quantitative estimate of drug-likeness (QED) is 0.571. The second-order valence-corrected chi connectivity index (χ2v) is 6.31. The van der Waals surface area contributed by atoms with Crippen molar-refractivity contribution in [2.75, 3.05) is 5.32 Å². The van der Waals surface area contributed by atoms with Gasteiger partial charge >= 0.3 is 0 Å². The zero-order chi connectivity index (χ0) is 20.5. The SMILES string of the molecule is Cc1ccccc1NC(=O)Cn1cnc2c(nnn2-c2ccc(F)cc2F)c1=O. The number of rotatable bonds is 4. The van der Waals surface area contributed by atoms with E-state index in [1.54, 1.807) is 12.1 Å². The standard InChI is InChI=1S/C19H14F2N6O2/c1-11-4-2-3-5-14(11)23-16(28)9-26-10-22-18-17(19(26)29)24-25-27(18)15-7-6-12(20)8-13(15)21/h2-8,10H,9H2,1H3,(H,23,28). The first-order valence-electron chi connectivity index (χ1n) is 8.56. The lowest BCUT2D eigenvalue weighted by Gasteiger charge is -2.09. The Hall–Kier alpha value is -3.95. The summed E-state index contributed by atoms with van der Waals surface area (Å²) in [6, 6.07) is 10.2. The highest BCUT2D eigenvalue weighted by Crippen LogP contribution is 2.17. The van der Waals surface area contributed by atoms with Crippen molar-refractivity contribution in [2.24, 2.45) is 0 Å². The van der Waals surface area contributed by atoms with Crippen LogP contribution in [0.15, 0.2) is 53.6 Å². The minimum Gasteiger partial charge on any atom is -0.324 e. The number of amides is 1. The summed E-state index contributed by atoms with van der Waals surface area (Å²) < 4.78 is 29.3. The van der Waals surface area contributed by atoms with Gasteiger partial charge in [-0.15, -0.1) is 5.10 Å². The normalized spacial score (nSPS) is 11.0. The molecule has 0 aliphatic rings. The fraction of sp³-hybridized carbons (Fsp3) is 0.105. The van der Waals surface area contributed by atoms with Gasteiger partial charge in [0, 0.05) is 11.8 Å². The molecule has 0 unspecified atom stereocenters. The molecule has 0 radical (unpaired) electrons. The van der Waals surface area contributed by atoms with E-state index in [9.17, 15) is 18.4 Å². The molecule has 0 atom stereocenters. The first-order valence-corrected chi connectivity index (χ1v) is 8.56. The Labute approximate surface area is 162 Å². The molecule has 0 saturated carbocycles. The average Bonchev–Trinajstić information content (AvgIpc) is 3.10. The van der Waals surface area contributed by atoms with Gasteiger partial charge < -0.3 is 5.32 Å². The maximum absolute atomic E-state index is 14.0. The average molecular weight is 396 g/mol. The van der Waals surface area contributed by atoms with E-state index in [1.807, 2.05) is 19.1 Å². The van der Waals surface area contributed by atoms with Gasteiger partial charge in [0.15, 0.2) is 17.0 Å². The zero-order valence-electron chi connectivity index (χ0n) is 15.1. The Morgan fingerprint density at radius 2 is 1.97 bits per heavy atom. The summed E-state index contributed by atoms with van der Waals surface area (Å²) in [6.45, 7) is 1.57. The lowest BCUT2D eigenvalue weighted by atomic mass is 10.2. The van der Waals surface area contributed by atoms with Crippen molar-refractivity contribution in [2.45, 2.75) is 13.5 Å². The number of anilines is 1. The lowest BCUT2D eigenvalue weighted by molar-refractivity contribution is -0.116. The summed E-state index contributed by atoms with van der Waals surface area (Å²) in [5, 5.41) is 10.2. The third-order valence-electron chi connectivity index (χ3n) is 4.30. The molecule has 0 aliphatic heterocycles. The maximum atomic E-state index is 14.0.